The molecule has 1 saturated carbocycles. The molecule has 0 atom stereocenters. The summed E-state index contributed by atoms with van der Waals surface area (Å²) < 4.78 is 18.5. The molecule has 3 aromatic rings. The number of aryl methyl sites for hydroxylation is 1. The highest BCUT2D eigenvalue weighted by molar-refractivity contribution is 9.10. The van der Waals surface area contributed by atoms with Crippen LogP contribution in [-0.4, -0.2) is 30.4 Å². The van der Waals surface area contributed by atoms with Gasteiger partial charge >= 0.3 is 5.97 Å². The van der Waals surface area contributed by atoms with E-state index in [0.29, 0.717) is 52.5 Å². The lowest BCUT2D eigenvalue weighted by Crippen LogP contribution is -2.37. The van der Waals surface area contributed by atoms with E-state index < -0.39 is 5.97 Å². The summed E-state index contributed by atoms with van der Waals surface area (Å²) in [6.45, 7) is 2.53. The van der Waals surface area contributed by atoms with Crippen molar-refractivity contribution in [2.75, 3.05) is 13.2 Å². The number of para-hydroxylation sites is 1. The van der Waals surface area contributed by atoms with Gasteiger partial charge in [-0.2, -0.15) is 0 Å². The van der Waals surface area contributed by atoms with Crippen molar-refractivity contribution in [3.63, 3.8) is 0 Å². The van der Waals surface area contributed by atoms with Gasteiger partial charge < -0.3 is 19.0 Å². The molecule has 1 heterocycles. The Labute approximate surface area is 191 Å². The van der Waals surface area contributed by atoms with E-state index in [9.17, 15) is 9.59 Å². The Morgan fingerprint density at radius 2 is 2.03 bits per heavy atom. The summed E-state index contributed by atoms with van der Waals surface area (Å²) in [6.07, 6.45) is 1.01. The van der Waals surface area contributed by atoms with Crippen LogP contribution in [0.15, 0.2) is 50.1 Å². The Balaban J connectivity index is 1.54. The zero-order valence-electron chi connectivity index (χ0n) is 16.7. The van der Waals surface area contributed by atoms with Crippen LogP contribution in [0.3, 0.4) is 0 Å². The van der Waals surface area contributed by atoms with Crippen molar-refractivity contribution in [1.82, 2.24) is 0 Å². The normalized spacial score (nSPS) is 18.0. The van der Waals surface area contributed by atoms with Gasteiger partial charge in [0.1, 0.15) is 18.1 Å². The minimum atomic E-state index is -0.776. The zero-order valence-corrected chi connectivity index (χ0v) is 19.0. The summed E-state index contributed by atoms with van der Waals surface area (Å²) in [5.41, 5.74) is 1.73. The molecule has 0 saturated heterocycles. The molecule has 1 aliphatic carbocycles. The largest absolute Gasteiger partial charge is 0.490 e. The average molecular weight is 508 g/mol. The van der Waals surface area contributed by atoms with E-state index in [1.807, 2.05) is 19.1 Å². The fraction of sp³-hybridized carbons (Fsp3) is 0.304. The predicted octanol–water partition coefficient (Wildman–Crippen LogP) is 5.44. The first-order chi connectivity index (χ1) is 14.8. The smallest absolute Gasteiger partial charge is 0.306 e. The highest BCUT2D eigenvalue weighted by atomic mass is 79.9. The van der Waals surface area contributed by atoms with Crippen molar-refractivity contribution in [2.24, 2.45) is 5.92 Å². The van der Waals surface area contributed by atoms with E-state index in [1.165, 1.54) is 6.07 Å². The summed E-state index contributed by atoms with van der Waals surface area (Å²) in [5.74, 6) is -0.191. The van der Waals surface area contributed by atoms with E-state index in [2.05, 4.69) is 15.9 Å². The van der Waals surface area contributed by atoms with Crippen LogP contribution in [0.1, 0.15) is 18.4 Å². The van der Waals surface area contributed by atoms with E-state index in [1.54, 1.807) is 18.2 Å². The molecule has 1 aromatic heterocycles. The van der Waals surface area contributed by atoms with Crippen molar-refractivity contribution in [1.29, 1.82) is 0 Å². The maximum Gasteiger partial charge on any atom is 0.306 e. The summed E-state index contributed by atoms with van der Waals surface area (Å²) in [5, 5.41) is 9.72. The quantitative estimate of drug-likeness (QED) is 0.428. The van der Waals surface area contributed by atoms with Gasteiger partial charge in [-0.15, -0.1) is 0 Å². The third-order valence-electron chi connectivity index (χ3n) is 5.37. The molecular weight excluding hydrogens is 488 g/mol. The van der Waals surface area contributed by atoms with Gasteiger partial charge in [-0.05, 0) is 49.6 Å². The SMILES string of the molecule is Cc1cc(-c2cc(=O)c3cccc(Cl)c3o2)c(OCCO[C@H]2C[C@@H](C(=O)O)C2)cc1Br. The van der Waals surface area contributed by atoms with Crippen LogP contribution in [0, 0.1) is 12.8 Å². The third kappa shape index (κ3) is 4.63. The molecule has 0 radical (unpaired) electrons. The highest BCUT2D eigenvalue weighted by Crippen LogP contribution is 2.36. The number of aliphatic carboxylic acids is 1. The molecular formula is C23H20BrClO6. The molecule has 0 bridgehead atoms. The first kappa shape index (κ1) is 21.9. The minimum absolute atomic E-state index is 0.0467. The predicted molar refractivity (Wildman–Crippen MR) is 121 cm³/mol. The van der Waals surface area contributed by atoms with Crippen LogP contribution in [0.2, 0.25) is 5.02 Å². The second-order valence-electron chi connectivity index (χ2n) is 7.54. The van der Waals surface area contributed by atoms with E-state index in [-0.39, 0.29) is 24.1 Å². The van der Waals surface area contributed by atoms with E-state index in [4.69, 9.17) is 30.6 Å². The van der Waals surface area contributed by atoms with E-state index >= 15 is 0 Å². The molecule has 162 valence electrons. The Bertz CT molecular complexity index is 1200. The summed E-state index contributed by atoms with van der Waals surface area (Å²) in [6, 6.07) is 10.2. The molecule has 0 amide bonds. The first-order valence-electron chi connectivity index (χ1n) is 9.83. The molecule has 6 nitrogen and oxygen atoms in total. The Morgan fingerprint density at radius 1 is 1.26 bits per heavy atom. The standard InChI is InChI=1S/C23H20BrClO6/c1-12-7-16(21-11-19(26)15-3-2-4-18(25)22(15)31-21)20(10-17(12)24)30-6-5-29-14-8-13(9-14)23(27)28/h2-4,7,10-11,13-14H,5-6,8-9H2,1H3,(H,27,28)/t13-,14+. The summed E-state index contributed by atoms with van der Waals surface area (Å²) in [4.78, 5) is 23.5. The fourth-order valence-electron chi connectivity index (χ4n) is 3.52. The average Bonchev–Trinajstić information content (AvgIpc) is 2.69. The van der Waals surface area contributed by atoms with Crippen LogP contribution in [-0.2, 0) is 9.53 Å². The molecule has 1 N–H and O–H groups in total. The number of carboxylic acids is 1. The number of hydrogen-bond donors (Lipinski definition) is 1. The molecule has 0 aliphatic heterocycles. The number of carbonyl (C=O) groups is 1. The maximum absolute atomic E-state index is 12.6. The molecule has 31 heavy (non-hydrogen) atoms. The number of benzene rings is 2. The van der Waals surface area contributed by atoms with Gasteiger partial charge in [-0.1, -0.05) is 33.6 Å². The highest BCUT2D eigenvalue weighted by Gasteiger charge is 2.35. The topological polar surface area (TPSA) is 86.0 Å². The van der Waals surface area contributed by atoms with Crippen molar-refractivity contribution < 1.29 is 23.8 Å². The van der Waals surface area contributed by atoms with Gasteiger partial charge in [0.15, 0.2) is 11.0 Å². The van der Waals surface area contributed by atoms with Gasteiger partial charge in [-0.25, -0.2) is 0 Å². The van der Waals surface area contributed by atoms with Crippen molar-refractivity contribution in [3.05, 3.63) is 61.7 Å². The molecule has 2 aromatic carbocycles. The molecule has 8 heteroatoms. The fourth-order valence-corrected chi connectivity index (χ4v) is 4.06. The van der Waals surface area contributed by atoms with Crippen molar-refractivity contribution >= 4 is 44.5 Å². The number of fused-ring (bicyclic) bond motifs is 1. The third-order valence-corrected chi connectivity index (χ3v) is 6.52. The maximum atomic E-state index is 12.6. The van der Waals surface area contributed by atoms with Gasteiger partial charge in [0.05, 0.1) is 34.6 Å². The molecule has 0 unspecified atom stereocenters. The second kappa shape index (κ2) is 9.02. The molecule has 1 fully saturated rings. The Kier molecular flexibility index (Phi) is 6.36. The molecule has 1 aliphatic rings. The zero-order chi connectivity index (χ0) is 22.1. The number of hydrogen-bond acceptors (Lipinski definition) is 5. The van der Waals surface area contributed by atoms with Gasteiger partial charge in [0.25, 0.3) is 0 Å². The van der Waals surface area contributed by atoms with Crippen molar-refractivity contribution in [3.8, 4) is 17.1 Å². The van der Waals surface area contributed by atoms with Crippen LogP contribution in [0.25, 0.3) is 22.3 Å². The molecule has 4 rings (SSSR count). The second-order valence-corrected chi connectivity index (χ2v) is 8.80. The lowest BCUT2D eigenvalue weighted by atomic mass is 9.82. The van der Waals surface area contributed by atoms with Gasteiger partial charge in [-0.3, -0.25) is 9.59 Å². The van der Waals surface area contributed by atoms with Gasteiger partial charge in [0.2, 0.25) is 0 Å². The van der Waals surface area contributed by atoms with Crippen LogP contribution in [0.4, 0.5) is 0 Å². The lowest BCUT2D eigenvalue weighted by Gasteiger charge is -2.32. The monoisotopic (exact) mass is 506 g/mol. The van der Waals surface area contributed by atoms with Crippen LogP contribution >= 0.6 is 27.5 Å². The van der Waals surface area contributed by atoms with Gasteiger partial charge in [0, 0.05) is 10.5 Å². The first-order valence-corrected chi connectivity index (χ1v) is 11.0. The minimum Gasteiger partial charge on any atom is -0.490 e. The summed E-state index contributed by atoms with van der Waals surface area (Å²) >= 11 is 9.75. The number of rotatable bonds is 7. The Hall–Kier alpha value is -2.35. The van der Waals surface area contributed by atoms with Crippen molar-refractivity contribution in [2.45, 2.75) is 25.9 Å². The number of halogens is 2. The number of ether oxygens (including phenoxy) is 2. The Morgan fingerprint density at radius 3 is 2.77 bits per heavy atom. The number of carboxylic acid groups (broad SMARTS) is 1. The molecule has 0 spiro atoms. The van der Waals surface area contributed by atoms with Crippen LogP contribution < -0.4 is 10.2 Å². The van der Waals surface area contributed by atoms with Crippen LogP contribution in [0.5, 0.6) is 5.75 Å². The summed E-state index contributed by atoms with van der Waals surface area (Å²) in [7, 11) is 0. The van der Waals surface area contributed by atoms with E-state index in [0.717, 1.165) is 10.0 Å². The lowest BCUT2D eigenvalue weighted by molar-refractivity contribution is -0.151.